The zero-order chi connectivity index (χ0) is 19.9. The molecule has 4 rings (SSSR count). The lowest BCUT2D eigenvalue weighted by atomic mass is 9.79. The molecule has 0 spiro atoms. The van der Waals surface area contributed by atoms with Crippen molar-refractivity contribution in [3.05, 3.63) is 77.4 Å². The minimum absolute atomic E-state index is 0.278. The predicted octanol–water partition coefficient (Wildman–Crippen LogP) is 1.87. The monoisotopic (exact) mass is 369 g/mol. The number of aliphatic imine (C=N–C) groups is 1. The number of hydrogen-bond acceptors (Lipinski definition) is 4. The minimum Gasteiger partial charge on any atom is -0.382 e. The number of nitrogens with zero attached hydrogens (tertiary/aromatic N) is 3. The standard InChI is InChI=1S/C21H20BN5O/c1-13-5-8-17(24-11-13)20(28)25-14-6-7-16(22)15(10-14)21(2)12-27-9-3-4-18(27)19(23)26-21/h3-11H,12H2,1-2H3,(H2,23,26)(H,25,28). The van der Waals surface area contributed by atoms with Crippen LogP contribution >= 0.6 is 0 Å². The predicted molar refractivity (Wildman–Crippen MR) is 111 cm³/mol. The molecule has 0 bridgehead atoms. The summed E-state index contributed by atoms with van der Waals surface area (Å²) in [5, 5.41) is 2.88. The lowest BCUT2D eigenvalue weighted by Crippen LogP contribution is -2.39. The van der Waals surface area contributed by atoms with Gasteiger partial charge in [0.05, 0.1) is 12.2 Å². The molecular formula is C21H20BN5O. The van der Waals surface area contributed by atoms with E-state index >= 15 is 0 Å². The van der Waals surface area contributed by atoms with Gasteiger partial charge in [0.15, 0.2) is 0 Å². The second-order valence-electron chi connectivity index (χ2n) is 7.27. The molecule has 0 aliphatic carbocycles. The van der Waals surface area contributed by atoms with Gasteiger partial charge in [-0.25, -0.2) is 0 Å². The molecule has 28 heavy (non-hydrogen) atoms. The molecule has 3 N–H and O–H groups in total. The molecule has 1 atom stereocenters. The molecule has 0 fully saturated rings. The van der Waals surface area contributed by atoms with E-state index in [1.165, 1.54) is 0 Å². The van der Waals surface area contributed by atoms with Gasteiger partial charge in [0.2, 0.25) is 0 Å². The van der Waals surface area contributed by atoms with E-state index in [1.807, 2.05) is 44.3 Å². The summed E-state index contributed by atoms with van der Waals surface area (Å²) in [6.45, 7) is 4.52. The molecule has 1 amide bonds. The average molecular weight is 369 g/mol. The summed E-state index contributed by atoms with van der Waals surface area (Å²) in [7, 11) is 6.26. The van der Waals surface area contributed by atoms with Crippen molar-refractivity contribution in [3.8, 4) is 0 Å². The van der Waals surface area contributed by atoms with E-state index in [0.717, 1.165) is 16.8 Å². The van der Waals surface area contributed by atoms with E-state index < -0.39 is 5.54 Å². The van der Waals surface area contributed by atoms with Crippen molar-refractivity contribution in [2.45, 2.75) is 25.9 Å². The highest BCUT2D eigenvalue weighted by Gasteiger charge is 2.33. The molecule has 1 unspecified atom stereocenters. The summed E-state index contributed by atoms with van der Waals surface area (Å²) in [6.07, 6.45) is 3.64. The van der Waals surface area contributed by atoms with Crippen LogP contribution in [0.1, 0.15) is 34.2 Å². The average Bonchev–Trinajstić information content (AvgIpc) is 3.12. The second kappa shape index (κ2) is 6.67. The molecule has 0 saturated heterocycles. The number of benzene rings is 1. The molecule has 3 aromatic rings. The molecular weight excluding hydrogens is 349 g/mol. The number of fused-ring (bicyclic) bond motifs is 1. The Hall–Kier alpha value is -3.35. The third-order valence-corrected chi connectivity index (χ3v) is 4.97. The molecule has 7 heteroatoms. The fourth-order valence-electron chi connectivity index (χ4n) is 3.52. The largest absolute Gasteiger partial charge is 0.382 e. The number of nitrogens with one attached hydrogen (secondary N) is 1. The molecule has 2 aromatic heterocycles. The first-order chi connectivity index (χ1) is 13.4. The minimum atomic E-state index is -0.636. The van der Waals surface area contributed by atoms with E-state index in [0.29, 0.717) is 29.2 Å². The van der Waals surface area contributed by atoms with Gasteiger partial charge in [-0.15, -0.1) is 0 Å². The maximum Gasteiger partial charge on any atom is 0.274 e. The van der Waals surface area contributed by atoms with E-state index in [-0.39, 0.29) is 5.91 Å². The molecule has 6 nitrogen and oxygen atoms in total. The number of carbonyl (C=O) groups excluding carboxylic acids is 1. The molecule has 138 valence electrons. The van der Waals surface area contributed by atoms with Gasteiger partial charge < -0.3 is 15.6 Å². The number of nitrogens with two attached hydrogens (primary N) is 1. The highest BCUT2D eigenvalue weighted by atomic mass is 16.1. The number of amidine groups is 1. The summed E-state index contributed by atoms with van der Waals surface area (Å²) in [6, 6.07) is 12.8. The Morgan fingerprint density at radius 1 is 1.29 bits per heavy atom. The topological polar surface area (TPSA) is 85.3 Å². The molecule has 3 heterocycles. The van der Waals surface area contributed by atoms with Gasteiger partial charge >= 0.3 is 0 Å². The summed E-state index contributed by atoms with van der Waals surface area (Å²) < 4.78 is 2.06. The van der Waals surface area contributed by atoms with Crippen LogP contribution < -0.4 is 16.5 Å². The van der Waals surface area contributed by atoms with Crippen molar-refractivity contribution >= 4 is 30.7 Å². The number of aryl methyl sites for hydroxylation is 1. The van der Waals surface area contributed by atoms with Crippen LogP contribution in [0.2, 0.25) is 0 Å². The van der Waals surface area contributed by atoms with Crippen molar-refractivity contribution in [2.24, 2.45) is 10.7 Å². The zero-order valence-electron chi connectivity index (χ0n) is 15.8. The van der Waals surface area contributed by atoms with Gasteiger partial charge in [0.1, 0.15) is 24.9 Å². The fourth-order valence-corrected chi connectivity index (χ4v) is 3.52. The van der Waals surface area contributed by atoms with Crippen molar-refractivity contribution in [1.82, 2.24) is 9.55 Å². The van der Waals surface area contributed by atoms with Crippen molar-refractivity contribution in [1.29, 1.82) is 0 Å². The van der Waals surface area contributed by atoms with Gasteiger partial charge in [-0.2, -0.15) is 0 Å². The lowest BCUT2D eigenvalue weighted by Gasteiger charge is -2.33. The Bertz CT molecular complexity index is 1090. The van der Waals surface area contributed by atoms with Gasteiger partial charge in [-0.3, -0.25) is 14.8 Å². The van der Waals surface area contributed by atoms with Crippen LogP contribution in [-0.2, 0) is 12.1 Å². The maximum absolute atomic E-state index is 12.5. The Balaban J connectivity index is 1.65. The van der Waals surface area contributed by atoms with Crippen molar-refractivity contribution < 1.29 is 4.79 Å². The van der Waals surface area contributed by atoms with Crippen LogP contribution in [-0.4, -0.2) is 29.1 Å². The number of pyridine rings is 1. The Morgan fingerprint density at radius 3 is 2.86 bits per heavy atom. The van der Waals surface area contributed by atoms with Crippen molar-refractivity contribution in [3.63, 3.8) is 0 Å². The van der Waals surface area contributed by atoms with Crippen LogP contribution in [0.4, 0.5) is 5.69 Å². The zero-order valence-corrected chi connectivity index (χ0v) is 15.8. The number of anilines is 1. The normalized spacial score (nSPS) is 18.3. The fraction of sp³-hybridized carbons (Fsp3) is 0.190. The van der Waals surface area contributed by atoms with Crippen LogP contribution in [0.3, 0.4) is 0 Å². The SMILES string of the molecule is [B]c1ccc(NC(=O)c2ccc(C)cn2)cc1C1(C)Cn2cccc2C(N)=N1. The van der Waals surface area contributed by atoms with Crippen molar-refractivity contribution in [2.75, 3.05) is 5.32 Å². The first kappa shape index (κ1) is 18.0. The van der Waals surface area contributed by atoms with Crippen LogP contribution in [0.5, 0.6) is 0 Å². The number of amides is 1. The number of aromatic nitrogens is 2. The summed E-state index contributed by atoms with van der Waals surface area (Å²) >= 11 is 0. The van der Waals surface area contributed by atoms with Crippen LogP contribution in [0, 0.1) is 6.92 Å². The highest BCUT2D eigenvalue weighted by molar-refractivity contribution is 6.33. The van der Waals surface area contributed by atoms with Crippen LogP contribution in [0.25, 0.3) is 0 Å². The van der Waals surface area contributed by atoms with Gasteiger partial charge in [0.25, 0.3) is 5.91 Å². The Kier molecular flexibility index (Phi) is 4.30. The van der Waals surface area contributed by atoms with Crippen LogP contribution in [0.15, 0.2) is 59.9 Å². The third kappa shape index (κ3) is 3.20. The quantitative estimate of drug-likeness (QED) is 0.692. The summed E-state index contributed by atoms with van der Waals surface area (Å²) in [4.78, 5) is 21.4. The molecule has 2 radical (unpaired) electrons. The molecule has 0 saturated carbocycles. The van der Waals surface area contributed by atoms with Gasteiger partial charge in [0, 0.05) is 18.1 Å². The first-order valence-electron chi connectivity index (χ1n) is 9.00. The maximum atomic E-state index is 12.5. The molecule has 1 aliphatic rings. The van der Waals surface area contributed by atoms with Gasteiger partial charge in [-0.1, -0.05) is 17.6 Å². The summed E-state index contributed by atoms with van der Waals surface area (Å²) in [5.41, 5.74) is 9.82. The lowest BCUT2D eigenvalue weighted by molar-refractivity contribution is 0.102. The van der Waals surface area contributed by atoms with Gasteiger partial charge in [-0.05, 0) is 55.3 Å². The van der Waals surface area contributed by atoms with E-state index in [1.54, 1.807) is 24.4 Å². The second-order valence-corrected chi connectivity index (χ2v) is 7.27. The number of hydrogen-bond donors (Lipinski definition) is 2. The number of carbonyl (C=O) groups is 1. The highest BCUT2D eigenvalue weighted by Crippen LogP contribution is 2.32. The number of rotatable bonds is 3. The Morgan fingerprint density at radius 2 is 2.11 bits per heavy atom. The third-order valence-electron chi connectivity index (χ3n) is 4.97. The summed E-state index contributed by atoms with van der Waals surface area (Å²) in [5.74, 6) is 0.191. The first-order valence-corrected chi connectivity index (χ1v) is 9.00. The van der Waals surface area contributed by atoms with E-state index in [9.17, 15) is 4.79 Å². The van der Waals surface area contributed by atoms with E-state index in [4.69, 9.17) is 18.6 Å². The van der Waals surface area contributed by atoms with E-state index in [2.05, 4.69) is 14.9 Å². The smallest absolute Gasteiger partial charge is 0.274 e. The Labute approximate surface area is 164 Å². The molecule has 1 aliphatic heterocycles. The molecule has 1 aromatic carbocycles.